The molecule has 3 heterocycles. The Kier molecular flexibility index (Phi) is 4.18. The van der Waals surface area contributed by atoms with Crippen molar-refractivity contribution in [1.82, 2.24) is 10.3 Å². The van der Waals surface area contributed by atoms with E-state index in [4.69, 9.17) is 19.9 Å². The maximum atomic E-state index is 12.1. The van der Waals surface area contributed by atoms with E-state index in [1.54, 1.807) is 56.4 Å². The molecule has 2 aliphatic rings. The number of carbonyl (C=O) groups excluding carboxylic acids is 1. The van der Waals surface area contributed by atoms with Crippen LogP contribution in [-0.2, 0) is 10.6 Å². The summed E-state index contributed by atoms with van der Waals surface area (Å²) in [7, 11) is 0. The molecule has 10 nitrogen and oxygen atoms in total. The number of oxazole rings is 1. The molecule has 2 aromatic carbocycles. The highest BCUT2D eigenvalue weighted by atomic mass is 16.5. The zero-order valence-corrected chi connectivity index (χ0v) is 17.7. The predicted molar refractivity (Wildman–Crippen MR) is 120 cm³/mol. The van der Waals surface area contributed by atoms with Gasteiger partial charge in [0.15, 0.2) is 11.2 Å². The average Bonchev–Trinajstić information content (AvgIpc) is 3.10. The second kappa shape index (κ2) is 6.72. The number of amides is 1. The van der Waals surface area contributed by atoms with Crippen LogP contribution < -0.4 is 32.2 Å². The second-order valence-electron chi connectivity index (χ2n) is 8.33. The normalized spacial score (nSPS) is 21.6. The second-order valence-corrected chi connectivity index (χ2v) is 8.33. The molecule has 0 radical (unpaired) electrons. The van der Waals surface area contributed by atoms with Crippen molar-refractivity contribution >= 4 is 34.2 Å². The minimum atomic E-state index is -1.26. The maximum absolute atomic E-state index is 12.1. The Morgan fingerprint density at radius 2 is 1.94 bits per heavy atom. The van der Waals surface area contributed by atoms with Gasteiger partial charge in [-0.15, -0.1) is 0 Å². The SMILES string of the molecule is CC1=CNC(N)(c2ccc3c(c2)OC(C)(C)C(=O)N3)N=C1Nc1ccc2oc(=O)[nH]c2c1. The first kappa shape index (κ1) is 19.9. The van der Waals surface area contributed by atoms with Crippen molar-refractivity contribution in [3.8, 4) is 5.75 Å². The minimum absolute atomic E-state index is 0.213. The van der Waals surface area contributed by atoms with E-state index in [0.717, 1.165) is 5.57 Å². The van der Waals surface area contributed by atoms with Crippen LogP contribution in [0.3, 0.4) is 0 Å². The van der Waals surface area contributed by atoms with Crippen molar-refractivity contribution in [1.29, 1.82) is 0 Å². The predicted octanol–water partition coefficient (Wildman–Crippen LogP) is 2.32. The fraction of sp³-hybridized carbons (Fsp3) is 0.227. The molecule has 6 N–H and O–H groups in total. The number of anilines is 2. The lowest BCUT2D eigenvalue weighted by Crippen LogP contribution is -2.50. The van der Waals surface area contributed by atoms with Crippen LogP contribution in [0, 0.1) is 0 Å². The first-order valence-corrected chi connectivity index (χ1v) is 10.0. The molecule has 2 aliphatic heterocycles. The fourth-order valence-corrected chi connectivity index (χ4v) is 3.57. The number of aromatic amines is 1. The average molecular weight is 434 g/mol. The Balaban J connectivity index is 1.48. The minimum Gasteiger partial charge on any atom is -0.476 e. The summed E-state index contributed by atoms with van der Waals surface area (Å²) in [5.41, 5.74) is 9.46. The number of benzene rings is 2. The van der Waals surface area contributed by atoms with Gasteiger partial charge < -0.3 is 25.1 Å². The number of nitrogens with two attached hydrogens (primary N) is 1. The molecule has 0 spiro atoms. The zero-order chi connectivity index (χ0) is 22.7. The van der Waals surface area contributed by atoms with Crippen molar-refractivity contribution < 1.29 is 13.9 Å². The number of amidine groups is 1. The van der Waals surface area contributed by atoms with Gasteiger partial charge in [-0.1, -0.05) is 6.07 Å². The van der Waals surface area contributed by atoms with Crippen molar-refractivity contribution in [3.05, 3.63) is 64.3 Å². The number of rotatable bonds is 2. The van der Waals surface area contributed by atoms with Gasteiger partial charge in [-0.2, -0.15) is 0 Å². The number of H-pyrrole nitrogens is 1. The van der Waals surface area contributed by atoms with E-state index in [1.165, 1.54) is 0 Å². The maximum Gasteiger partial charge on any atom is 0.417 e. The van der Waals surface area contributed by atoms with Crippen LogP contribution in [0.25, 0.3) is 11.1 Å². The van der Waals surface area contributed by atoms with Gasteiger partial charge in [0.2, 0.25) is 5.79 Å². The number of nitrogens with one attached hydrogen (secondary N) is 4. The molecule has 32 heavy (non-hydrogen) atoms. The number of aromatic nitrogens is 1. The number of aliphatic imine (C=N–C) groups is 1. The lowest BCUT2D eigenvalue weighted by molar-refractivity contribution is -0.129. The quantitative estimate of drug-likeness (QED) is 0.416. The van der Waals surface area contributed by atoms with Gasteiger partial charge in [0, 0.05) is 23.0 Å². The summed E-state index contributed by atoms with van der Waals surface area (Å²) in [6, 6.07) is 10.5. The number of hydrogen-bond donors (Lipinski definition) is 5. The van der Waals surface area contributed by atoms with Gasteiger partial charge in [0.1, 0.15) is 11.6 Å². The van der Waals surface area contributed by atoms with E-state index in [-0.39, 0.29) is 5.91 Å². The third-order valence-corrected chi connectivity index (χ3v) is 5.43. The number of nitrogens with zero attached hydrogens (tertiary/aromatic N) is 1. The van der Waals surface area contributed by atoms with Crippen LogP contribution >= 0.6 is 0 Å². The molecule has 3 aromatic rings. The lowest BCUT2D eigenvalue weighted by Gasteiger charge is -2.34. The topological polar surface area (TPSA) is 147 Å². The highest BCUT2D eigenvalue weighted by Gasteiger charge is 2.37. The number of hydrogen-bond acceptors (Lipinski definition) is 8. The highest BCUT2D eigenvalue weighted by Crippen LogP contribution is 2.36. The molecule has 0 saturated heterocycles. The van der Waals surface area contributed by atoms with Crippen LogP contribution in [0.1, 0.15) is 26.3 Å². The summed E-state index contributed by atoms with van der Waals surface area (Å²) in [6.07, 6.45) is 1.78. The van der Waals surface area contributed by atoms with Gasteiger partial charge in [-0.3, -0.25) is 15.5 Å². The third-order valence-electron chi connectivity index (χ3n) is 5.43. The fourth-order valence-electron chi connectivity index (χ4n) is 3.57. The van der Waals surface area contributed by atoms with E-state index in [9.17, 15) is 9.59 Å². The zero-order valence-electron chi connectivity index (χ0n) is 17.7. The molecule has 1 aromatic heterocycles. The Labute approximate surface area is 182 Å². The molecular formula is C22H22N6O4. The van der Waals surface area contributed by atoms with Crippen LogP contribution in [0.2, 0.25) is 0 Å². The smallest absolute Gasteiger partial charge is 0.417 e. The van der Waals surface area contributed by atoms with E-state index in [1.807, 2.05) is 6.92 Å². The summed E-state index contributed by atoms with van der Waals surface area (Å²) in [4.78, 5) is 30.9. The van der Waals surface area contributed by atoms with Crippen molar-refractivity contribution in [2.75, 3.05) is 10.6 Å². The molecule has 10 heteroatoms. The summed E-state index contributed by atoms with van der Waals surface area (Å²) in [5, 5.41) is 9.22. The molecule has 164 valence electrons. The van der Waals surface area contributed by atoms with E-state index >= 15 is 0 Å². The molecule has 1 amide bonds. The van der Waals surface area contributed by atoms with Gasteiger partial charge >= 0.3 is 5.76 Å². The van der Waals surface area contributed by atoms with E-state index < -0.39 is 17.1 Å². The van der Waals surface area contributed by atoms with Gasteiger partial charge in [-0.25, -0.2) is 9.79 Å². The Morgan fingerprint density at radius 3 is 2.75 bits per heavy atom. The van der Waals surface area contributed by atoms with Crippen LogP contribution in [0.4, 0.5) is 11.4 Å². The van der Waals surface area contributed by atoms with Crippen molar-refractivity contribution in [2.45, 2.75) is 32.2 Å². The molecule has 1 atom stereocenters. The standard InChI is InChI=1S/C22H22N6O4/c1-11-10-24-22(23,12-4-6-14-17(8-12)32-21(2,3)19(29)26-14)28-18(11)25-13-5-7-16-15(9-13)27-20(30)31-16/h4-10,24H,23H2,1-3H3,(H,25,28)(H,26,29)(H,27,30). The van der Waals surface area contributed by atoms with Crippen LogP contribution in [0.5, 0.6) is 5.75 Å². The van der Waals surface area contributed by atoms with Gasteiger partial charge in [0.05, 0.1) is 11.2 Å². The summed E-state index contributed by atoms with van der Waals surface area (Å²) in [6.45, 7) is 5.29. The van der Waals surface area contributed by atoms with Crippen molar-refractivity contribution in [2.24, 2.45) is 10.7 Å². The molecular weight excluding hydrogens is 412 g/mol. The van der Waals surface area contributed by atoms with Gasteiger partial charge in [0.25, 0.3) is 5.91 Å². The first-order valence-electron chi connectivity index (χ1n) is 10.0. The van der Waals surface area contributed by atoms with Crippen LogP contribution in [-0.4, -0.2) is 22.3 Å². The Morgan fingerprint density at radius 1 is 1.12 bits per heavy atom. The largest absolute Gasteiger partial charge is 0.476 e. The number of ether oxygens (including phenoxy) is 1. The molecule has 0 fully saturated rings. The third kappa shape index (κ3) is 3.30. The lowest BCUT2D eigenvalue weighted by atomic mass is 10.0. The summed E-state index contributed by atoms with van der Waals surface area (Å²) in [5.74, 6) is -0.912. The first-order chi connectivity index (χ1) is 15.1. The van der Waals surface area contributed by atoms with Crippen LogP contribution in [0.15, 0.2) is 62.4 Å². The van der Waals surface area contributed by atoms with E-state index in [2.05, 4.69) is 20.9 Å². The highest BCUT2D eigenvalue weighted by molar-refractivity contribution is 6.08. The molecule has 5 rings (SSSR count). The van der Waals surface area contributed by atoms with Crippen molar-refractivity contribution in [3.63, 3.8) is 0 Å². The van der Waals surface area contributed by atoms with Gasteiger partial charge in [-0.05, 0) is 51.1 Å². The van der Waals surface area contributed by atoms with E-state index in [0.29, 0.717) is 39.6 Å². The number of carbonyl (C=O) groups is 1. The number of fused-ring (bicyclic) bond motifs is 2. The molecule has 0 saturated carbocycles. The summed E-state index contributed by atoms with van der Waals surface area (Å²) < 4.78 is 10.9. The molecule has 0 bridgehead atoms. The summed E-state index contributed by atoms with van der Waals surface area (Å²) >= 11 is 0. The Bertz CT molecular complexity index is 1380. The Hall–Kier alpha value is -4.05. The monoisotopic (exact) mass is 434 g/mol. The molecule has 0 aliphatic carbocycles. The molecule has 1 unspecified atom stereocenters.